The van der Waals surface area contributed by atoms with Crippen LogP contribution >= 0.6 is 0 Å². The second kappa shape index (κ2) is 8.51. The maximum absolute atomic E-state index is 12.6. The molecule has 1 heterocycles. The Labute approximate surface area is 181 Å². The summed E-state index contributed by atoms with van der Waals surface area (Å²) >= 11 is 0. The summed E-state index contributed by atoms with van der Waals surface area (Å²) in [6, 6.07) is 18.2. The van der Waals surface area contributed by atoms with E-state index in [2.05, 4.69) is 5.32 Å². The fraction of sp³-hybridized carbons (Fsp3) is 0.250. The molecule has 0 aliphatic carbocycles. The first kappa shape index (κ1) is 21.1. The Kier molecular flexibility index (Phi) is 5.78. The summed E-state index contributed by atoms with van der Waals surface area (Å²) in [6.07, 6.45) is 0.362. The third kappa shape index (κ3) is 4.32. The summed E-state index contributed by atoms with van der Waals surface area (Å²) < 4.78 is 24.6. The minimum Gasteiger partial charge on any atom is -0.326 e. The lowest BCUT2D eigenvalue weighted by atomic mass is 10.0. The van der Waals surface area contributed by atoms with Gasteiger partial charge in [0, 0.05) is 35.0 Å². The Bertz CT molecular complexity index is 1250. The summed E-state index contributed by atoms with van der Waals surface area (Å²) in [5.41, 5.74) is 2.86. The highest BCUT2D eigenvalue weighted by molar-refractivity contribution is 7.90. The molecule has 0 saturated heterocycles. The Morgan fingerprint density at radius 2 is 1.77 bits per heavy atom. The van der Waals surface area contributed by atoms with E-state index in [1.54, 1.807) is 29.2 Å². The molecule has 2 amide bonds. The number of amides is 2. The van der Waals surface area contributed by atoms with Crippen LogP contribution in [0.5, 0.6) is 0 Å². The first-order chi connectivity index (χ1) is 14.9. The molecule has 0 atom stereocenters. The van der Waals surface area contributed by atoms with E-state index < -0.39 is 9.84 Å². The molecule has 7 heteroatoms. The van der Waals surface area contributed by atoms with Gasteiger partial charge in [-0.15, -0.1) is 0 Å². The highest BCUT2D eigenvalue weighted by Gasteiger charge is 2.29. The average molecular weight is 437 g/mol. The second-order valence-electron chi connectivity index (χ2n) is 7.64. The van der Waals surface area contributed by atoms with Crippen LogP contribution in [0.3, 0.4) is 0 Å². The number of sulfone groups is 1. The Hall–Kier alpha value is -3.19. The molecule has 0 spiro atoms. The van der Waals surface area contributed by atoms with Crippen molar-refractivity contribution in [1.82, 2.24) is 0 Å². The van der Waals surface area contributed by atoms with Crippen LogP contribution in [-0.2, 0) is 20.4 Å². The number of anilines is 2. The first-order valence-corrected chi connectivity index (χ1v) is 12.1. The summed E-state index contributed by atoms with van der Waals surface area (Å²) in [5, 5.41) is 4.54. The lowest BCUT2D eigenvalue weighted by Gasteiger charge is -2.15. The van der Waals surface area contributed by atoms with Crippen molar-refractivity contribution in [3.05, 3.63) is 71.8 Å². The summed E-state index contributed by atoms with van der Waals surface area (Å²) in [5.74, 6) is -0.340. The third-order valence-corrected chi connectivity index (χ3v) is 7.15. The first-order valence-electron chi connectivity index (χ1n) is 10.3. The normalized spacial score (nSPS) is 13.1. The quantitative estimate of drug-likeness (QED) is 0.575. The zero-order chi connectivity index (χ0) is 22.0. The number of nitrogens with zero attached hydrogens (tertiary/aromatic N) is 1. The van der Waals surface area contributed by atoms with Crippen LogP contribution in [0.2, 0.25) is 0 Å². The van der Waals surface area contributed by atoms with E-state index in [4.69, 9.17) is 0 Å². The van der Waals surface area contributed by atoms with Gasteiger partial charge in [0.15, 0.2) is 9.84 Å². The summed E-state index contributed by atoms with van der Waals surface area (Å²) in [7, 11) is -3.28. The summed E-state index contributed by atoms with van der Waals surface area (Å²) in [6.45, 7) is 2.50. The molecule has 0 radical (unpaired) electrons. The summed E-state index contributed by atoms with van der Waals surface area (Å²) in [4.78, 5) is 26.8. The molecule has 0 unspecified atom stereocenters. The fourth-order valence-corrected chi connectivity index (χ4v) is 5.46. The maximum atomic E-state index is 12.6. The lowest BCUT2D eigenvalue weighted by Crippen LogP contribution is -2.25. The maximum Gasteiger partial charge on any atom is 0.258 e. The van der Waals surface area contributed by atoms with E-state index in [1.165, 1.54) is 0 Å². The molecule has 0 fully saturated rings. The number of benzene rings is 3. The van der Waals surface area contributed by atoms with Gasteiger partial charge in [-0.05, 0) is 37.1 Å². The van der Waals surface area contributed by atoms with E-state index in [0.29, 0.717) is 17.8 Å². The van der Waals surface area contributed by atoms with Gasteiger partial charge < -0.3 is 10.2 Å². The average Bonchev–Trinajstić information content (AvgIpc) is 3.03. The standard InChI is InChI=1S/C24H24N2O4S/c1-2-26-21-14-13-20(18-10-6-11-19(23(18)21)24(26)28)25-22(27)12-7-15-31(29,30)16-17-8-4-3-5-9-17/h3-6,8-11,13-14H,2,7,12,15-16H2,1H3,(H,25,27). The van der Waals surface area contributed by atoms with Crippen molar-refractivity contribution in [2.24, 2.45) is 0 Å². The predicted octanol–water partition coefficient (Wildman–Crippen LogP) is 4.15. The van der Waals surface area contributed by atoms with Crippen molar-refractivity contribution < 1.29 is 18.0 Å². The predicted molar refractivity (Wildman–Crippen MR) is 123 cm³/mol. The van der Waals surface area contributed by atoms with Crippen LogP contribution in [0.4, 0.5) is 11.4 Å². The largest absolute Gasteiger partial charge is 0.326 e. The SMILES string of the molecule is CCN1C(=O)c2cccc3c(NC(=O)CCCS(=O)(=O)Cc4ccccc4)ccc1c23. The van der Waals surface area contributed by atoms with E-state index in [-0.39, 0.29) is 36.2 Å². The van der Waals surface area contributed by atoms with Crippen LogP contribution in [0.15, 0.2) is 60.7 Å². The molecule has 1 aliphatic heterocycles. The van der Waals surface area contributed by atoms with Crippen molar-refractivity contribution in [1.29, 1.82) is 0 Å². The van der Waals surface area contributed by atoms with E-state index >= 15 is 0 Å². The van der Waals surface area contributed by atoms with Crippen LogP contribution in [0.25, 0.3) is 10.8 Å². The van der Waals surface area contributed by atoms with Gasteiger partial charge in [0.2, 0.25) is 5.91 Å². The van der Waals surface area contributed by atoms with Crippen molar-refractivity contribution in [3.8, 4) is 0 Å². The zero-order valence-electron chi connectivity index (χ0n) is 17.3. The van der Waals surface area contributed by atoms with Crippen molar-refractivity contribution >= 4 is 43.8 Å². The van der Waals surface area contributed by atoms with Gasteiger partial charge >= 0.3 is 0 Å². The van der Waals surface area contributed by atoms with Gasteiger partial charge in [0.25, 0.3) is 5.91 Å². The molecular weight excluding hydrogens is 412 g/mol. The number of rotatable bonds is 8. The van der Waals surface area contributed by atoms with Crippen molar-refractivity contribution in [2.45, 2.75) is 25.5 Å². The minimum atomic E-state index is -3.28. The van der Waals surface area contributed by atoms with Crippen molar-refractivity contribution in [2.75, 3.05) is 22.5 Å². The number of carbonyl (C=O) groups is 2. The molecule has 31 heavy (non-hydrogen) atoms. The van der Waals surface area contributed by atoms with E-state index in [0.717, 1.165) is 22.0 Å². The Morgan fingerprint density at radius 3 is 2.52 bits per heavy atom. The van der Waals surface area contributed by atoms with Crippen LogP contribution < -0.4 is 10.2 Å². The molecule has 0 bridgehead atoms. The topological polar surface area (TPSA) is 83.6 Å². The molecule has 1 N–H and O–H groups in total. The molecule has 160 valence electrons. The molecule has 6 nitrogen and oxygen atoms in total. The zero-order valence-corrected chi connectivity index (χ0v) is 18.1. The second-order valence-corrected chi connectivity index (χ2v) is 9.82. The Balaban J connectivity index is 1.42. The van der Waals surface area contributed by atoms with E-state index in [1.807, 2.05) is 43.3 Å². The van der Waals surface area contributed by atoms with Crippen LogP contribution in [-0.4, -0.2) is 32.5 Å². The number of carbonyl (C=O) groups excluding carboxylic acids is 2. The fourth-order valence-electron chi connectivity index (χ4n) is 4.03. The van der Waals surface area contributed by atoms with Crippen molar-refractivity contribution in [3.63, 3.8) is 0 Å². The van der Waals surface area contributed by atoms with Gasteiger partial charge in [-0.25, -0.2) is 8.42 Å². The van der Waals surface area contributed by atoms with Gasteiger partial charge in [-0.2, -0.15) is 0 Å². The van der Waals surface area contributed by atoms with Gasteiger partial charge in [-0.3, -0.25) is 9.59 Å². The molecule has 0 saturated carbocycles. The highest BCUT2D eigenvalue weighted by Crippen LogP contribution is 2.40. The molecule has 3 aromatic carbocycles. The number of hydrogen-bond donors (Lipinski definition) is 1. The molecule has 3 aromatic rings. The van der Waals surface area contributed by atoms with E-state index in [9.17, 15) is 18.0 Å². The molecule has 1 aliphatic rings. The lowest BCUT2D eigenvalue weighted by molar-refractivity contribution is -0.116. The number of nitrogens with one attached hydrogen (secondary N) is 1. The minimum absolute atomic E-state index is 0.0215. The van der Waals surface area contributed by atoms with Crippen LogP contribution in [0.1, 0.15) is 35.7 Å². The van der Waals surface area contributed by atoms with Crippen LogP contribution in [0, 0.1) is 0 Å². The monoisotopic (exact) mass is 436 g/mol. The van der Waals surface area contributed by atoms with Gasteiger partial charge in [0.1, 0.15) is 0 Å². The van der Waals surface area contributed by atoms with Gasteiger partial charge in [0.05, 0.1) is 17.2 Å². The Morgan fingerprint density at radius 1 is 1.00 bits per heavy atom. The molecular formula is C24H24N2O4S. The molecule has 4 rings (SSSR count). The molecule has 0 aromatic heterocycles. The number of hydrogen-bond acceptors (Lipinski definition) is 4. The highest BCUT2D eigenvalue weighted by atomic mass is 32.2. The van der Waals surface area contributed by atoms with Gasteiger partial charge in [-0.1, -0.05) is 42.5 Å². The smallest absolute Gasteiger partial charge is 0.258 e. The third-order valence-electron chi connectivity index (χ3n) is 5.46.